The molecule has 2 fully saturated rings. The summed E-state index contributed by atoms with van der Waals surface area (Å²) < 4.78 is 13.1. The number of likely N-dealkylation sites (tertiary alicyclic amines) is 1. The van der Waals surface area contributed by atoms with Crippen LogP contribution in [0.4, 0.5) is 19.7 Å². The second-order valence-corrected chi connectivity index (χ2v) is 8.49. The van der Waals surface area contributed by atoms with Crippen LogP contribution in [-0.4, -0.2) is 59.0 Å². The van der Waals surface area contributed by atoms with E-state index in [0.717, 1.165) is 29.7 Å². The van der Waals surface area contributed by atoms with Gasteiger partial charge in [0.2, 0.25) is 0 Å². The zero-order chi connectivity index (χ0) is 22.0. The summed E-state index contributed by atoms with van der Waals surface area (Å²) in [5.41, 5.74) is 3.98. The molecule has 2 aromatic carbocycles. The number of hydrogen-bond donors (Lipinski definition) is 1. The Hall–Kier alpha value is -3.09. The van der Waals surface area contributed by atoms with Gasteiger partial charge >= 0.3 is 12.1 Å². The Balaban J connectivity index is 1.29. The van der Waals surface area contributed by atoms with Crippen LogP contribution in [0.1, 0.15) is 29.5 Å². The summed E-state index contributed by atoms with van der Waals surface area (Å²) in [5, 5.41) is 3.01. The normalized spacial score (nSPS) is 17.4. The zero-order valence-corrected chi connectivity index (χ0v) is 18.1. The number of piperidine rings is 1. The van der Waals surface area contributed by atoms with Gasteiger partial charge in [-0.2, -0.15) is 0 Å². The van der Waals surface area contributed by atoms with Crippen LogP contribution in [-0.2, 0) is 6.54 Å². The number of nitrogens with one attached hydrogen (secondary N) is 1. The summed E-state index contributed by atoms with van der Waals surface area (Å²) in [4.78, 5) is 31.1. The third-order valence-electron chi connectivity index (χ3n) is 6.23. The molecule has 0 saturated carbocycles. The first-order valence-corrected chi connectivity index (χ1v) is 10.8. The maximum absolute atomic E-state index is 13.1. The number of nitrogens with zero attached hydrogens (tertiary/aromatic N) is 3. The number of carbonyl (C=O) groups is 2. The fraction of sp³-hybridized carbons (Fsp3) is 0.417. The number of urea groups is 2. The highest BCUT2D eigenvalue weighted by atomic mass is 19.1. The number of anilines is 1. The van der Waals surface area contributed by atoms with Crippen molar-refractivity contribution in [3.63, 3.8) is 0 Å². The first kappa shape index (κ1) is 21.2. The number of aryl methyl sites for hydroxylation is 2. The number of halogens is 1. The fourth-order valence-corrected chi connectivity index (χ4v) is 4.43. The Kier molecular flexibility index (Phi) is 6.11. The quantitative estimate of drug-likeness (QED) is 0.792. The van der Waals surface area contributed by atoms with Gasteiger partial charge in [0.1, 0.15) is 5.82 Å². The molecule has 0 aliphatic carbocycles. The summed E-state index contributed by atoms with van der Waals surface area (Å²) in [5.74, 6) is -0.272. The predicted molar refractivity (Wildman–Crippen MR) is 118 cm³/mol. The molecule has 1 N–H and O–H groups in total. The minimum absolute atomic E-state index is 0.0301. The van der Waals surface area contributed by atoms with Crippen molar-refractivity contribution in [3.05, 3.63) is 65.0 Å². The topological polar surface area (TPSA) is 55.9 Å². The van der Waals surface area contributed by atoms with Gasteiger partial charge in [-0.05, 0) is 56.0 Å². The van der Waals surface area contributed by atoms with E-state index in [1.54, 1.807) is 12.1 Å². The van der Waals surface area contributed by atoms with Crippen molar-refractivity contribution in [2.45, 2.75) is 39.3 Å². The molecule has 2 saturated heterocycles. The van der Waals surface area contributed by atoms with E-state index >= 15 is 0 Å². The maximum Gasteiger partial charge on any atom is 0.321 e. The van der Waals surface area contributed by atoms with E-state index in [1.165, 1.54) is 17.7 Å². The lowest BCUT2D eigenvalue weighted by Crippen LogP contribution is -2.49. The number of amides is 4. The highest BCUT2D eigenvalue weighted by Gasteiger charge is 2.36. The second kappa shape index (κ2) is 8.96. The highest BCUT2D eigenvalue weighted by Crippen LogP contribution is 2.24. The maximum atomic E-state index is 13.1. The van der Waals surface area contributed by atoms with Crippen LogP contribution in [0.3, 0.4) is 0 Å². The van der Waals surface area contributed by atoms with Gasteiger partial charge in [0.15, 0.2) is 0 Å². The number of benzene rings is 2. The Bertz CT molecular complexity index is 955. The molecule has 2 heterocycles. The molecule has 4 amide bonds. The molecule has 7 heteroatoms. The largest absolute Gasteiger partial charge is 0.324 e. The molecule has 0 atom stereocenters. The van der Waals surface area contributed by atoms with E-state index in [4.69, 9.17) is 0 Å². The lowest BCUT2D eigenvalue weighted by Gasteiger charge is -2.36. The fourth-order valence-electron chi connectivity index (χ4n) is 4.43. The molecule has 0 spiro atoms. The van der Waals surface area contributed by atoms with Crippen LogP contribution >= 0.6 is 0 Å². The van der Waals surface area contributed by atoms with Crippen molar-refractivity contribution in [1.29, 1.82) is 0 Å². The van der Waals surface area contributed by atoms with Crippen molar-refractivity contribution in [1.82, 2.24) is 14.7 Å². The van der Waals surface area contributed by atoms with Crippen LogP contribution in [0.5, 0.6) is 0 Å². The standard InChI is InChI=1S/C24H29FN4O2/c1-17-3-8-22(18(2)15-17)26-23(30)27-11-9-21(10-12-27)29-14-13-28(24(29)31)16-19-4-6-20(25)7-5-19/h3-8,15,21H,9-14,16H2,1-2H3,(H,26,30). The van der Waals surface area contributed by atoms with Gasteiger partial charge in [0, 0.05) is 44.5 Å². The Morgan fingerprint density at radius 2 is 1.74 bits per heavy atom. The predicted octanol–water partition coefficient (Wildman–Crippen LogP) is 4.38. The van der Waals surface area contributed by atoms with E-state index in [9.17, 15) is 14.0 Å². The van der Waals surface area contributed by atoms with Crippen LogP contribution in [0.2, 0.25) is 0 Å². The van der Waals surface area contributed by atoms with Gasteiger partial charge in [0.05, 0.1) is 0 Å². The molecule has 2 aromatic rings. The Morgan fingerprint density at radius 1 is 1.03 bits per heavy atom. The van der Waals surface area contributed by atoms with E-state index in [1.807, 2.05) is 40.7 Å². The third kappa shape index (κ3) is 4.81. The van der Waals surface area contributed by atoms with Crippen LogP contribution < -0.4 is 5.32 Å². The first-order chi connectivity index (χ1) is 14.9. The average Bonchev–Trinajstić information content (AvgIpc) is 3.12. The monoisotopic (exact) mass is 424 g/mol. The average molecular weight is 425 g/mol. The van der Waals surface area contributed by atoms with Gasteiger partial charge in [-0.1, -0.05) is 29.8 Å². The van der Waals surface area contributed by atoms with Gasteiger partial charge in [0.25, 0.3) is 0 Å². The molecule has 0 unspecified atom stereocenters. The molecule has 0 aromatic heterocycles. The minimum atomic E-state index is -0.272. The second-order valence-electron chi connectivity index (χ2n) is 8.49. The van der Waals surface area contributed by atoms with Crippen LogP contribution in [0.15, 0.2) is 42.5 Å². The lowest BCUT2D eigenvalue weighted by atomic mass is 10.0. The molecule has 2 aliphatic heterocycles. The summed E-state index contributed by atoms with van der Waals surface area (Å²) in [6.45, 7) is 7.14. The SMILES string of the molecule is Cc1ccc(NC(=O)N2CCC(N3CCN(Cc4ccc(F)cc4)C3=O)CC2)c(C)c1. The van der Waals surface area contributed by atoms with Crippen molar-refractivity contribution in [3.8, 4) is 0 Å². The summed E-state index contributed by atoms with van der Waals surface area (Å²) in [7, 11) is 0. The molecule has 0 bridgehead atoms. The lowest BCUT2D eigenvalue weighted by molar-refractivity contribution is 0.139. The first-order valence-electron chi connectivity index (χ1n) is 10.8. The van der Waals surface area contributed by atoms with Crippen molar-refractivity contribution < 1.29 is 14.0 Å². The molecule has 4 rings (SSSR count). The van der Waals surface area contributed by atoms with E-state index in [0.29, 0.717) is 32.7 Å². The summed E-state index contributed by atoms with van der Waals surface area (Å²) >= 11 is 0. The molecule has 31 heavy (non-hydrogen) atoms. The summed E-state index contributed by atoms with van der Waals surface area (Å²) in [6, 6.07) is 12.4. The summed E-state index contributed by atoms with van der Waals surface area (Å²) in [6.07, 6.45) is 1.55. The highest BCUT2D eigenvalue weighted by molar-refractivity contribution is 5.90. The Labute approximate surface area is 182 Å². The van der Waals surface area contributed by atoms with Crippen molar-refractivity contribution >= 4 is 17.7 Å². The van der Waals surface area contributed by atoms with Gasteiger partial charge in [-0.3, -0.25) is 0 Å². The molecular weight excluding hydrogens is 395 g/mol. The van der Waals surface area contributed by atoms with Crippen molar-refractivity contribution in [2.24, 2.45) is 0 Å². The molecule has 6 nitrogen and oxygen atoms in total. The van der Waals surface area contributed by atoms with E-state index < -0.39 is 0 Å². The van der Waals surface area contributed by atoms with Gasteiger partial charge in [-0.25, -0.2) is 14.0 Å². The zero-order valence-electron chi connectivity index (χ0n) is 18.1. The van der Waals surface area contributed by atoms with Gasteiger partial charge < -0.3 is 20.0 Å². The smallest absolute Gasteiger partial charge is 0.321 e. The number of rotatable bonds is 4. The number of carbonyl (C=O) groups excluding carboxylic acids is 2. The van der Waals surface area contributed by atoms with Crippen LogP contribution in [0.25, 0.3) is 0 Å². The minimum Gasteiger partial charge on any atom is -0.324 e. The molecule has 0 radical (unpaired) electrons. The molecule has 164 valence electrons. The Morgan fingerprint density at radius 3 is 2.42 bits per heavy atom. The van der Waals surface area contributed by atoms with Crippen LogP contribution in [0, 0.1) is 19.7 Å². The van der Waals surface area contributed by atoms with Gasteiger partial charge in [-0.15, -0.1) is 0 Å². The molecular formula is C24H29FN4O2. The third-order valence-corrected chi connectivity index (χ3v) is 6.23. The number of hydrogen-bond acceptors (Lipinski definition) is 2. The van der Waals surface area contributed by atoms with E-state index in [2.05, 4.69) is 11.4 Å². The van der Waals surface area contributed by atoms with Crippen molar-refractivity contribution in [2.75, 3.05) is 31.5 Å². The molecule has 2 aliphatic rings. The van der Waals surface area contributed by atoms with E-state index in [-0.39, 0.29) is 23.9 Å².